The maximum absolute atomic E-state index is 14.7. The van der Waals surface area contributed by atoms with Crippen molar-refractivity contribution in [2.75, 3.05) is 58.0 Å². The molecule has 0 aromatic heterocycles. The zero-order valence-corrected chi connectivity index (χ0v) is 29.5. The van der Waals surface area contributed by atoms with Crippen molar-refractivity contribution in [1.29, 1.82) is 0 Å². The van der Waals surface area contributed by atoms with Gasteiger partial charge in [-0.15, -0.1) is 0 Å². The standard InChI is InChI=1S/C35H41Cl2FN4O4S/c1-35(2,3)26-9-14-29(30(23-26)46-21-15-38)33-39-31(24-5-10-27(36)11-6-24)32(25-7-12-28(37)13-8-25)42(33)34(43)41-18-16-40(17-19-41)20-22-47(4,44)45/h5-14,23,31-32H,15-22H2,1-4H3/t31-,32+/m0/s1. The van der Waals surface area contributed by atoms with E-state index in [2.05, 4.69) is 25.7 Å². The number of amides is 2. The Bertz CT molecular complexity index is 1700. The summed E-state index contributed by atoms with van der Waals surface area (Å²) < 4.78 is 43.0. The van der Waals surface area contributed by atoms with Gasteiger partial charge in [0.2, 0.25) is 0 Å². The minimum Gasteiger partial charge on any atom is -0.490 e. The normalized spacial score (nSPS) is 19.2. The molecule has 2 amide bonds. The third kappa shape index (κ3) is 8.46. The fourth-order valence-corrected chi connectivity index (χ4v) is 6.75. The molecule has 3 aromatic carbocycles. The van der Waals surface area contributed by atoms with Crippen LogP contribution in [0, 0.1) is 0 Å². The van der Waals surface area contributed by atoms with E-state index in [0.717, 1.165) is 16.7 Å². The molecule has 47 heavy (non-hydrogen) atoms. The molecule has 2 aliphatic heterocycles. The maximum atomic E-state index is 14.7. The van der Waals surface area contributed by atoms with Crippen LogP contribution >= 0.6 is 23.2 Å². The van der Waals surface area contributed by atoms with Gasteiger partial charge in [-0.3, -0.25) is 14.8 Å². The second-order valence-electron chi connectivity index (χ2n) is 13.1. The Kier molecular flexibility index (Phi) is 10.9. The maximum Gasteiger partial charge on any atom is 0.326 e. The molecule has 2 heterocycles. The van der Waals surface area contributed by atoms with Crippen LogP contribution in [0.15, 0.2) is 71.7 Å². The number of sulfone groups is 1. The van der Waals surface area contributed by atoms with Crippen LogP contribution in [0.25, 0.3) is 0 Å². The fourth-order valence-electron chi connectivity index (χ4n) is 5.91. The van der Waals surface area contributed by atoms with Crippen molar-refractivity contribution in [2.45, 2.75) is 38.3 Å². The molecule has 1 saturated heterocycles. The summed E-state index contributed by atoms with van der Waals surface area (Å²) in [6, 6.07) is 19.4. The number of hydrogen-bond acceptors (Lipinski definition) is 6. The molecule has 0 bridgehead atoms. The number of nitrogens with zero attached hydrogens (tertiary/aromatic N) is 4. The van der Waals surface area contributed by atoms with Crippen LogP contribution in [-0.4, -0.2) is 93.0 Å². The Hall–Kier alpha value is -3.18. The monoisotopic (exact) mass is 702 g/mol. The number of aliphatic imine (C=N–C) groups is 1. The molecule has 252 valence electrons. The summed E-state index contributed by atoms with van der Waals surface area (Å²) in [5.41, 5.74) is 3.09. The Labute approximate surface area is 287 Å². The zero-order valence-electron chi connectivity index (χ0n) is 27.1. The molecule has 0 radical (unpaired) electrons. The Balaban J connectivity index is 1.61. The average Bonchev–Trinajstić information content (AvgIpc) is 3.43. The first-order valence-corrected chi connectivity index (χ1v) is 18.5. The van der Waals surface area contributed by atoms with Crippen molar-refractivity contribution < 1.29 is 22.3 Å². The van der Waals surface area contributed by atoms with Crippen molar-refractivity contribution in [3.63, 3.8) is 0 Å². The smallest absolute Gasteiger partial charge is 0.326 e. The van der Waals surface area contributed by atoms with Gasteiger partial charge < -0.3 is 9.64 Å². The summed E-state index contributed by atoms with van der Waals surface area (Å²) in [6.07, 6.45) is 1.23. The molecule has 0 unspecified atom stereocenters. The quantitative estimate of drug-likeness (QED) is 0.241. The molecule has 8 nitrogen and oxygen atoms in total. The number of amidine groups is 1. The summed E-state index contributed by atoms with van der Waals surface area (Å²) in [5.74, 6) is 0.935. The van der Waals surface area contributed by atoms with E-state index in [-0.39, 0.29) is 23.8 Å². The molecular weight excluding hydrogens is 662 g/mol. The van der Waals surface area contributed by atoms with Crippen LogP contribution in [0.2, 0.25) is 10.0 Å². The highest BCUT2D eigenvalue weighted by Crippen LogP contribution is 2.46. The third-order valence-electron chi connectivity index (χ3n) is 8.54. The molecule has 0 saturated carbocycles. The number of benzene rings is 3. The van der Waals surface area contributed by atoms with Crippen molar-refractivity contribution in [3.05, 3.63) is 99.0 Å². The number of halogens is 3. The van der Waals surface area contributed by atoms with Crippen molar-refractivity contribution >= 4 is 44.9 Å². The minimum atomic E-state index is -3.10. The Morgan fingerprint density at radius 2 is 1.53 bits per heavy atom. The molecule has 5 rings (SSSR count). The number of piperazine rings is 1. The van der Waals surface area contributed by atoms with Crippen molar-refractivity contribution in [2.24, 2.45) is 4.99 Å². The van der Waals surface area contributed by atoms with E-state index in [9.17, 15) is 17.6 Å². The zero-order chi connectivity index (χ0) is 33.9. The lowest BCUT2D eigenvalue weighted by atomic mass is 9.86. The molecule has 0 aliphatic carbocycles. The van der Waals surface area contributed by atoms with Crippen LogP contribution in [0.5, 0.6) is 5.75 Å². The number of hydrogen-bond donors (Lipinski definition) is 0. The van der Waals surface area contributed by atoms with Gasteiger partial charge in [0.15, 0.2) is 0 Å². The van der Waals surface area contributed by atoms with E-state index >= 15 is 0 Å². The molecule has 2 atom stereocenters. The van der Waals surface area contributed by atoms with Gasteiger partial charge >= 0.3 is 6.03 Å². The van der Waals surface area contributed by atoms with E-state index < -0.39 is 28.6 Å². The Morgan fingerprint density at radius 1 is 0.936 bits per heavy atom. The molecule has 3 aromatic rings. The summed E-state index contributed by atoms with van der Waals surface area (Å²) in [4.78, 5) is 25.6. The van der Waals surface area contributed by atoms with Gasteiger partial charge in [0.1, 0.15) is 40.7 Å². The highest BCUT2D eigenvalue weighted by Gasteiger charge is 2.45. The number of carbonyl (C=O) groups excluding carboxylic acids is 1. The highest BCUT2D eigenvalue weighted by molar-refractivity contribution is 7.90. The number of alkyl halides is 1. The molecular formula is C35H41Cl2FN4O4S. The lowest BCUT2D eigenvalue weighted by Crippen LogP contribution is -2.54. The van der Waals surface area contributed by atoms with Crippen LogP contribution in [0.3, 0.4) is 0 Å². The van der Waals surface area contributed by atoms with E-state index in [1.54, 1.807) is 34.1 Å². The summed E-state index contributed by atoms with van der Waals surface area (Å²) in [7, 11) is -3.10. The van der Waals surface area contributed by atoms with Crippen LogP contribution in [0.4, 0.5) is 9.18 Å². The number of rotatable bonds is 9. The molecule has 2 aliphatic rings. The van der Waals surface area contributed by atoms with Gasteiger partial charge in [-0.25, -0.2) is 17.6 Å². The fraction of sp³-hybridized carbons (Fsp3) is 0.429. The van der Waals surface area contributed by atoms with Crippen molar-refractivity contribution in [1.82, 2.24) is 14.7 Å². The number of urea groups is 1. The Morgan fingerprint density at radius 3 is 2.09 bits per heavy atom. The van der Waals surface area contributed by atoms with Gasteiger partial charge in [-0.1, -0.05) is 74.3 Å². The van der Waals surface area contributed by atoms with E-state index in [0.29, 0.717) is 59.9 Å². The molecule has 0 spiro atoms. The molecule has 12 heteroatoms. The van der Waals surface area contributed by atoms with Gasteiger partial charge in [0.05, 0.1) is 17.4 Å². The second-order valence-corrected chi connectivity index (χ2v) is 16.2. The lowest BCUT2D eigenvalue weighted by Gasteiger charge is -2.39. The number of ether oxygens (including phenoxy) is 1. The van der Waals surface area contributed by atoms with Gasteiger partial charge in [0.25, 0.3) is 0 Å². The lowest BCUT2D eigenvalue weighted by molar-refractivity contribution is 0.122. The minimum absolute atomic E-state index is 0.0670. The van der Waals surface area contributed by atoms with E-state index in [1.165, 1.54) is 6.26 Å². The molecule has 1 fully saturated rings. The predicted molar refractivity (Wildman–Crippen MR) is 186 cm³/mol. The average molecular weight is 704 g/mol. The first-order valence-electron chi connectivity index (χ1n) is 15.7. The summed E-state index contributed by atoms with van der Waals surface area (Å²) in [6.45, 7) is 7.79. The van der Waals surface area contributed by atoms with E-state index in [4.69, 9.17) is 32.9 Å². The van der Waals surface area contributed by atoms with Crippen LogP contribution < -0.4 is 4.74 Å². The largest absolute Gasteiger partial charge is 0.490 e. The van der Waals surface area contributed by atoms with Gasteiger partial charge in [0, 0.05) is 49.0 Å². The van der Waals surface area contributed by atoms with Crippen LogP contribution in [-0.2, 0) is 15.3 Å². The highest BCUT2D eigenvalue weighted by atomic mass is 35.5. The van der Waals surface area contributed by atoms with E-state index in [1.807, 2.05) is 42.5 Å². The summed E-state index contributed by atoms with van der Waals surface area (Å²) in [5, 5.41) is 1.15. The SMILES string of the molecule is CC(C)(C)c1ccc(C2=N[C@@H](c3ccc(Cl)cc3)[C@@H](c3ccc(Cl)cc3)N2C(=O)N2CCN(CCS(C)(=O)=O)CC2)c(OCCF)c1. The third-order valence-corrected chi connectivity index (χ3v) is 9.97. The van der Waals surface area contributed by atoms with Gasteiger partial charge in [-0.05, 0) is 58.5 Å². The van der Waals surface area contributed by atoms with Crippen LogP contribution in [0.1, 0.15) is 55.1 Å². The first-order chi connectivity index (χ1) is 22.2. The van der Waals surface area contributed by atoms with Gasteiger partial charge in [-0.2, -0.15) is 0 Å². The predicted octanol–water partition coefficient (Wildman–Crippen LogP) is 6.97. The second kappa shape index (κ2) is 14.5. The van der Waals surface area contributed by atoms with Crippen molar-refractivity contribution in [3.8, 4) is 5.75 Å². The number of carbonyl (C=O) groups is 1. The topological polar surface area (TPSA) is 82.5 Å². The molecule has 0 N–H and O–H groups in total. The summed E-state index contributed by atoms with van der Waals surface area (Å²) >= 11 is 12.6. The first kappa shape index (κ1) is 35.1.